The zero-order valence-corrected chi connectivity index (χ0v) is 13.1. The topological polar surface area (TPSA) is 23.5 Å². The second-order valence-corrected chi connectivity index (χ2v) is 6.74. The second kappa shape index (κ2) is 5.60. The molecule has 2 unspecified atom stereocenters. The van der Waals surface area contributed by atoms with Crippen molar-refractivity contribution in [2.45, 2.75) is 30.9 Å². The van der Waals surface area contributed by atoms with Crippen molar-refractivity contribution >= 4 is 0 Å². The Morgan fingerprint density at radius 1 is 1.08 bits per heavy atom. The maximum Gasteiger partial charge on any atom is 0.129 e. The van der Waals surface area contributed by atoms with E-state index in [1.807, 2.05) is 4.90 Å². The van der Waals surface area contributed by atoms with Gasteiger partial charge in [0.1, 0.15) is 23.1 Å². The predicted octanol–water partition coefficient (Wildman–Crippen LogP) is 3.68. The Labute approximate surface area is 138 Å². The molecule has 2 nitrogen and oxygen atoms in total. The van der Waals surface area contributed by atoms with Gasteiger partial charge in [-0.05, 0) is 42.5 Å². The monoisotopic (exact) mass is 333 g/mol. The fraction of sp³-hybridized carbons (Fsp3) is 0.368. The zero-order chi connectivity index (χ0) is 16.9. The van der Waals surface area contributed by atoms with Crippen molar-refractivity contribution in [1.82, 2.24) is 4.90 Å². The molecule has 2 atom stereocenters. The van der Waals surface area contributed by atoms with Crippen LogP contribution in [0, 0.1) is 17.5 Å². The molecule has 0 bridgehead atoms. The first kappa shape index (κ1) is 15.7. The summed E-state index contributed by atoms with van der Waals surface area (Å²) in [6.07, 6.45) is 1.64. The van der Waals surface area contributed by atoms with Crippen molar-refractivity contribution < 1.29 is 18.3 Å². The van der Waals surface area contributed by atoms with Crippen LogP contribution < -0.4 is 0 Å². The van der Waals surface area contributed by atoms with Gasteiger partial charge in [-0.25, -0.2) is 13.2 Å². The van der Waals surface area contributed by atoms with Crippen molar-refractivity contribution in [3.05, 3.63) is 70.5 Å². The van der Waals surface area contributed by atoms with Gasteiger partial charge in [-0.3, -0.25) is 4.90 Å². The Kier molecular flexibility index (Phi) is 3.66. The minimum atomic E-state index is -1.26. The van der Waals surface area contributed by atoms with Crippen molar-refractivity contribution in [3.8, 4) is 0 Å². The number of likely N-dealkylation sites (tertiary alicyclic amines) is 1. The normalized spacial score (nSPS) is 26.8. The molecule has 0 aromatic heterocycles. The SMILES string of the molecule is OC1(c2ccccc2F)CCN(C2CCc3c(F)cc(F)cc32)C1. The zero-order valence-electron chi connectivity index (χ0n) is 13.1. The van der Waals surface area contributed by atoms with Gasteiger partial charge in [0.25, 0.3) is 0 Å². The molecule has 5 heteroatoms. The Bertz CT molecular complexity index is 794. The van der Waals surface area contributed by atoms with E-state index in [2.05, 4.69) is 0 Å². The number of β-amino-alcohol motifs (C(OH)–C–C–N with tert-alkyl or cyclic N) is 1. The molecule has 4 rings (SSSR count). The minimum Gasteiger partial charge on any atom is -0.384 e. The van der Waals surface area contributed by atoms with Crippen LogP contribution in [0.3, 0.4) is 0 Å². The van der Waals surface area contributed by atoms with Crippen LogP contribution >= 0.6 is 0 Å². The largest absolute Gasteiger partial charge is 0.384 e. The first-order valence-electron chi connectivity index (χ1n) is 8.17. The second-order valence-electron chi connectivity index (χ2n) is 6.74. The molecule has 2 aliphatic rings. The molecular weight excluding hydrogens is 315 g/mol. The van der Waals surface area contributed by atoms with E-state index < -0.39 is 23.1 Å². The van der Waals surface area contributed by atoms with Crippen LogP contribution in [0.2, 0.25) is 0 Å². The van der Waals surface area contributed by atoms with E-state index in [0.717, 1.165) is 6.07 Å². The molecule has 24 heavy (non-hydrogen) atoms. The van der Waals surface area contributed by atoms with Gasteiger partial charge in [0.05, 0.1) is 0 Å². The fourth-order valence-corrected chi connectivity index (χ4v) is 4.15. The molecular formula is C19H18F3NO. The van der Waals surface area contributed by atoms with Gasteiger partial charge in [-0.15, -0.1) is 0 Å². The molecule has 2 aromatic rings. The van der Waals surface area contributed by atoms with Crippen molar-refractivity contribution in [1.29, 1.82) is 0 Å². The van der Waals surface area contributed by atoms with Crippen molar-refractivity contribution in [2.24, 2.45) is 0 Å². The van der Waals surface area contributed by atoms with E-state index in [1.54, 1.807) is 18.2 Å². The van der Waals surface area contributed by atoms with Crippen molar-refractivity contribution in [2.75, 3.05) is 13.1 Å². The van der Waals surface area contributed by atoms with Gasteiger partial charge >= 0.3 is 0 Å². The van der Waals surface area contributed by atoms with Crippen LogP contribution in [0.4, 0.5) is 13.2 Å². The van der Waals surface area contributed by atoms with Crippen LogP contribution in [0.5, 0.6) is 0 Å². The van der Waals surface area contributed by atoms with Gasteiger partial charge in [-0.1, -0.05) is 18.2 Å². The van der Waals surface area contributed by atoms with Crippen LogP contribution in [-0.4, -0.2) is 23.1 Å². The number of benzene rings is 2. The Hall–Kier alpha value is -1.85. The molecule has 126 valence electrons. The van der Waals surface area contributed by atoms with E-state index in [9.17, 15) is 18.3 Å². The number of hydrogen-bond donors (Lipinski definition) is 1. The first-order chi connectivity index (χ1) is 11.5. The number of fused-ring (bicyclic) bond motifs is 1. The van der Waals surface area contributed by atoms with Crippen LogP contribution in [-0.2, 0) is 12.0 Å². The maximum absolute atomic E-state index is 14.1. The maximum atomic E-state index is 14.1. The fourth-order valence-electron chi connectivity index (χ4n) is 4.15. The summed E-state index contributed by atoms with van der Waals surface area (Å²) >= 11 is 0. The molecule has 1 fully saturated rings. The Balaban J connectivity index is 1.63. The number of nitrogens with zero attached hydrogens (tertiary/aromatic N) is 1. The smallest absolute Gasteiger partial charge is 0.129 e. The van der Waals surface area contributed by atoms with Crippen LogP contribution in [0.25, 0.3) is 0 Å². The van der Waals surface area contributed by atoms with Gasteiger partial charge in [-0.2, -0.15) is 0 Å². The third-order valence-corrected chi connectivity index (χ3v) is 5.31. The van der Waals surface area contributed by atoms with E-state index in [-0.39, 0.29) is 18.2 Å². The molecule has 1 aliphatic heterocycles. The highest BCUT2D eigenvalue weighted by molar-refractivity contribution is 5.37. The summed E-state index contributed by atoms with van der Waals surface area (Å²) in [7, 11) is 0. The summed E-state index contributed by atoms with van der Waals surface area (Å²) in [6, 6.07) is 8.40. The van der Waals surface area contributed by atoms with Crippen molar-refractivity contribution in [3.63, 3.8) is 0 Å². The average molecular weight is 333 g/mol. The third kappa shape index (κ3) is 2.43. The lowest BCUT2D eigenvalue weighted by atomic mass is 9.92. The summed E-state index contributed by atoms with van der Waals surface area (Å²) < 4.78 is 41.6. The number of hydrogen-bond acceptors (Lipinski definition) is 2. The minimum absolute atomic E-state index is 0.133. The molecule has 1 aliphatic carbocycles. The molecule has 0 saturated carbocycles. The van der Waals surface area contributed by atoms with E-state index in [1.165, 1.54) is 12.1 Å². The number of halogens is 3. The molecule has 2 aromatic carbocycles. The highest BCUT2D eigenvalue weighted by atomic mass is 19.1. The summed E-state index contributed by atoms with van der Waals surface area (Å²) in [6.45, 7) is 0.823. The average Bonchev–Trinajstić information content (AvgIpc) is 3.12. The molecule has 0 spiro atoms. The molecule has 1 N–H and O–H groups in total. The molecule has 1 saturated heterocycles. The van der Waals surface area contributed by atoms with Gasteiger partial charge in [0.2, 0.25) is 0 Å². The Morgan fingerprint density at radius 2 is 1.88 bits per heavy atom. The van der Waals surface area contributed by atoms with Gasteiger partial charge in [0.15, 0.2) is 0 Å². The summed E-state index contributed by atoms with van der Waals surface area (Å²) in [5.74, 6) is -1.51. The third-order valence-electron chi connectivity index (χ3n) is 5.31. The predicted molar refractivity (Wildman–Crippen MR) is 83.9 cm³/mol. The van der Waals surface area contributed by atoms with E-state index in [0.29, 0.717) is 36.9 Å². The van der Waals surface area contributed by atoms with Gasteiger partial charge < -0.3 is 5.11 Å². The molecule has 0 amide bonds. The van der Waals surface area contributed by atoms with Crippen LogP contribution in [0.1, 0.15) is 35.6 Å². The standard InChI is InChI=1S/C19H18F3NO/c20-12-9-14-13(17(22)10-12)5-6-18(14)23-8-7-19(24,11-23)15-3-1-2-4-16(15)21/h1-4,9-10,18,24H,5-8,11H2. The first-order valence-corrected chi connectivity index (χ1v) is 8.17. The highest BCUT2D eigenvalue weighted by Gasteiger charge is 2.43. The lowest BCUT2D eigenvalue weighted by molar-refractivity contribution is 0.0369. The summed E-state index contributed by atoms with van der Waals surface area (Å²) in [5.41, 5.74) is 0.240. The van der Waals surface area contributed by atoms with E-state index >= 15 is 0 Å². The lowest BCUT2D eigenvalue weighted by Crippen LogP contribution is -2.33. The van der Waals surface area contributed by atoms with Gasteiger partial charge in [0, 0.05) is 30.8 Å². The Morgan fingerprint density at radius 3 is 2.67 bits per heavy atom. The van der Waals surface area contributed by atoms with E-state index in [4.69, 9.17) is 0 Å². The van der Waals surface area contributed by atoms with Crippen LogP contribution in [0.15, 0.2) is 36.4 Å². The number of rotatable bonds is 2. The molecule has 1 heterocycles. The number of aliphatic hydroxyl groups is 1. The summed E-state index contributed by atoms with van der Waals surface area (Å²) in [5, 5.41) is 10.9. The summed E-state index contributed by atoms with van der Waals surface area (Å²) in [4.78, 5) is 2.01. The lowest BCUT2D eigenvalue weighted by Gasteiger charge is -2.28. The quantitative estimate of drug-likeness (QED) is 0.906. The highest BCUT2D eigenvalue weighted by Crippen LogP contribution is 2.43. The molecule has 0 radical (unpaired) electrons.